The zero-order chi connectivity index (χ0) is 23.0. The van der Waals surface area contributed by atoms with E-state index in [9.17, 15) is 14.4 Å². The molecule has 3 heterocycles. The standard InChI is InChI=1S/C24H36N6O3/c31-22(28-19-1-7-25-8-2-19)16-13-17(23(32)29-20-3-9-26-10-4-20)15-18(14-16)24(33)30-21-5-11-27-12-6-21/h13-15,19-21,25-27H,1-12H2,(H,28,31)(H,29,32)(H,30,33). The van der Waals surface area contributed by atoms with E-state index in [0.717, 1.165) is 77.8 Å². The maximum atomic E-state index is 13.0. The number of nitrogens with one attached hydrogen (secondary N) is 6. The van der Waals surface area contributed by atoms with Crippen molar-refractivity contribution in [2.75, 3.05) is 39.3 Å². The lowest BCUT2D eigenvalue weighted by Crippen LogP contribution is -2.44. The topological polar surface area (TPSA) is 123 Å². The lowest BCUT2D eigenvalue weighted by molar-refractivity contribution is 0.0928. The molecule has 3 aliphatic heterocycles. The van der Waals surface area contributed by atoms with Crippen molar-refractivity contribution in [1.29, 1.82) is 0 Å². The molecule has 3 saturated heterocycles. The Hall–Kier alpha value is -2.49. The second kappa shape index (κ2) is 11.6. The highest BCUT2D eigenvalue weighted by Crippen LogP contribution is 2.15. The normalized spacial score (nSPS) is 20.7. The van der Waals surface area contributed by atoms with E-state index in [0.29, 0.717) is 16.7 Å². The molecule has 0 saturated carbocycles. The van der Waals surface area contributed by atoms with Crippen LogP contribution in [-0.4, -0.2) is 75.1 Å². The fourth-order valence-electron chi connectivity index (χ4n) is 4.73. The summed E-state index contributed by atoms with van der Waals surface area (Å²) < 4.78 is 0. The summed E-state index contributed by atoms with van der Waals surface area (Å²) in [5.74, 6) is -0.724. The van der Waals surface area contributed by atoms with Crippen molar-refractivity contribution >= 4 is 17.7 Å². The molecule has 4 rings (SSSR count). The third kappa shape index (κ3) is 6.75. The van der Waals surface area contributed by atoms with E-state index in [1.807, 2.05) is 0 Å². The molecule has 0 aliphatic carbocycles. The van der Waals surface area contributed by atoms with Gasteiger partial charge in [-0.15, -0.1) is 0 Å². The van der Waals surface area contributed by atoms with Crippen LogP contribution in [0.5, 0.6) is 0 Å². The molecule has 3 amide bonds. The Balaban J connectivity index is 1.52. The van der Waals surface area contributed by atoms with Gasteiger partial charge in [-0.1, -0.05) is 0 Å². The van der Waals surface area contributed by atoms with E-state index in [2.05, 4.69) is 31.9 Å². The van der Waals surface area contributed by atoms with Crippen LogP contribution >= 0.6 is 0 Å². The summed E-state index contributed by atoms with van der Waals surface area (Å²) in [4.78, 5) is 39.1. The molecule has 0 atom stereocenters. The van der Waals surface area contributed by atoms with Crippen LogP contribution in [0.15, 0.2) is 18.2 Å². The molecular formula is C24H36N6O3. The predicted molar refractivity (Wildman–Crippen MR) is 127 cm³/mol. The summed E-state index contributed by atoms with van der Waals surface area (Å²) >= 11 is 0. The van der Waals surface area contributed by atoms with E-state index in [-0.39, 0.29) is 35.8 Å². The second-order valence-corrected chi connectivity index (χ2v) is 9.29. The first-order valence-electron chi connectivity index (χ1n) is 12.3. The van der Waals surface area contributed by atoms with Gasteiger partial charge in [0.25, 0.3) is 17.7 Å². The molecule has 1 aromatic rings. The number of carbonyl (C=O) groups is 3. The molecule has 9 nitrogen and oxygen atoms in total. The summed E-state index contributed by atoms with van der Waals surface area (Å²) in [6, 6.07) is 5.10. The molecule has 3 aliphatic rings. The fourth-order valence-corrected chi connectivity index (χ4v) is 4.73. The highest BCUT2D eigenvalue weighted by molar-refractivity contribution is 6.04. The molecule has 180 valence electrons. The van der Waals surface area contributed by atoms with Crippen LogP contribution in [0.1, 0.15) is 69.6 Å². The zero-order valence-electron chi connectivity index (χ0n) is 19.2. The quantitative estimate of drug-likeness (QED) is 0.362. The molecule has 33 heavy (non-hydrogen) atoms. The molecule has 9 heteroatoms. The van der Waals surface area contributed by atoms with E-state index in [1.54, 1.807) is 18.2 Å². The number of benzene rings is 1. The summed E-state index contributed by atoms with van der Waals surface area (Å²) in [6.07, 6.45) is 5.19. The maximum Gasteiger partial charge on any atom is 0.251 e. The average molecular weight is 457 g/mol. The second-order valence-electron chi connectivity index (χ2n) is 9.29. The van der Waals surface area contributed by atoms with Gasteiger partial charge in [-0.2, -0.15) is 0 Å². The smallest absolute Gasteiger partial charge is 0.251 e. The van der Waals surface area contributed by atoms with Crippen molar-refractivity contribution in [3.8, 4) is 0 Å². The minimum Gasteiger partial charge on any atom is -0.349 e. The highest BCUT2D eigenvalue weighted by Gasteiger charge is 2.23. The molecule has 0 unspecified atom stereocenters. The molecule has 0 radical (unpaired) electrons. The monoisotopic (exact) mass is 456 g/mol. The minimum atomic E-state index is -0.241. The lowest BCUT2D eigenvalue weighted by Gasteiger charge is -2.25. The first-order chi connectivity index (χ1) is 16.1. The summed E-state index contributed by atoms with van der Waals surface area (Å²) in [5, 5.41) is 19.1. The van der Waals surface area contributed by atoms with Crippen molar-refractivity contribution in [2.45, 2.75) is 56.7 Å². The predicted octanol–water partition coefficient (Wildman–Crippen LogP) is 0.132. The summed E-state index contributed by atoms with van der Waals surface area (Å²) in [7, 11) is 0. The number of hydrogen-bond acceptors (Lipinski definition) is 6. The van der Waals surface area contributed by atoms with Crippen molar-refractivity contribution in [3.63, 3.8) is 0 Å². The molecule has 0 bridgehead atoms. The van der Waals surface area contributed by atoms with E-state index >= 15 is 0 Å². The van der Waals surface area contributed by atoms with Gasteiger partial charge in [-0.25, -0.2) is 0 Å². The maximum absolute atomic E-state index is 13.0. The van der Waals surface area contributed by atoms with Crippen LogP contribution < -0.4 is 31.9 Å². The van der Waals surface area contributed by atoms with E-state index < -0.39 is 0 Å². The van der Waals surface area contributed by atoms with Crippen LogP contribution in [0, 0.1) is 0 Å². The van der Waals surface area contributed by atoms with Crippen LogP contribution in [0.2, 0.25) is 0 Å². The van der Waals surface area contributed by atoms with Gasteiger partial charge in [-0.3, -0.25) is 14.4 Å². The Kier molecular flexibility index (Phi) is 8.30. The van der Waals surface area contributed by atoms with Gasteiger partial charge in [0, 0.05) is 34.8 Å². The number of rotatable bonds is 6. The minimum absolute atomic E-state index is 0.0954. The van der Waals surface area contributed by atoms with Gasteiger partial charge in [-0.05, 0) is 96.0 Å². The van der Waals surface area contributed by atoms with Crippen LogP contribution in [0.25, 0.3) is 0 Å². The van der Waals surface area contributed by atoms with Gasteiger partial charge in [0.2, 0.25) is 0 Å². The lowest BCUT2D eigenvalue weighted by atomic mass is 10.0. The first-order valence-corrected chi connectivity index (χ1v) is 12.3. The van der Waals surface area contributed by atoms with Crippen molar-refractivity contribution in [2.24, 2.45) is 0 Å². The largest absolute Gasteiger partial charge is 0.349 e. The van der Waals surface area contributed by atoms with Gasteiger partial charge >= 0.3 is 0 Å². The van der Waals surface area contributed by atoms with Crippen LogP contribution in [0.4, 0.5) is 0 Å². The summed E-state index contributed by atoms with van der Waals surface area (Å²) in [6.45, 7) is 5.21. The molecule has 3 fully saturated rings. The molecule has 6 N–H and O–H groups in total. The van der Waals surface area contributed by atoms with E-state index in [4.69, 9.17) is 0 Å². The van der Waals surface area contributed by atoms with Crippen molar-refractivity contribution < 1.29 is 14.4 Å². The third-order valence-electron chi connectivity index (χ3n) is 6.74. The van der Waals surface area contributed by atoms with Crippen molar-refractivity contribution in [1.82, 2.24) is 31.9 Å². The first kappa shape index (κ1) is 23.7. The SMILES string of the molecule is O=C(NC1CCNCC1)c1cc(C(=O)NC2CCNCC2)cc(C(=O)NC2CCNCC2)c1. The Morgan fingerprint density at radius 2 is 0.758 bits per heavy atom. The zero-order valence-corrected chi connectivity index (χ0v) is 19.2. The molecule has 0 aromatic heterocycles. The number of hydrogen-bond donors (Lipinski definition) is 6. The Morgan fingerprint density at radius 3 is 1.00 bits per heavy atom. The van der Waals surface area contributed by atoms with Gasteiger partial charge in [0.05, 0.1) is 0 Å². The van der Waals surface area contributed by atoms with Crippen molar-refractivity contribution in [3.05, 3.63) is 34.9 Å². The fraction of sp³-hybridized carbons (Fsp3) is 0.625. The average Bonchev–Trinajstić information content (AvgIpc) is 2.85. The number of piperidine rings is 3. The highest BCUT2D eigenvalue weighted by atomic mass is 16.2. The van der Waals surface area contributed by atoms with Gasteiger partial charge in [0.1, 0.15) is 0 Å². The van der Waals surface area contributed by atoms with Crippen LogP contribution in [0.3, 0.4) is 0 Å². The third-order valence-corrected chi connectivity index (χ3v) is 6.74. The van der Waals surface area contributed by atoms with E-state index in [1.165, 1.54) is 0 Å². The number of carbonyl (C=O) groups excluding carboxylic acids is 3. The number of amides is 3. The molecular weight excluding hydrogens is 420 g/mol. The Morgan fingerprint density at radius 1 is 0.515 bits per heavy atom. The van der Waals surface area contributed by atoms with Crippen LogP contribution in [-0.2, 0) is 0 Å². The Bertz CT molecular complexity index is 721. The summed E-state index contributed by atoms with van der Waals surface area (Å²) in [5.41, 5.74) is 1.05. The molecule has 0 spiro atoms. The molecule has 1 aromatic carbocycles. The Labute approximate surface area is 195 Å². The van der Waals surface area contributed by atoms with Gasteiger partial charge in [0.15, 0.2) is 0 Å². The van der Waals surface area contributed by atoms with Gasteiger partial charge < -0.3 is 31.9 Å².